The molecule has 2 aromatic rings. The fourth-order valence-corrected chi connectivity index (χ4v) is 4.38. The van der Waals surface area contributed by atoms with Crippen LogP contribution in [0.5, 0.6) is 5.75 Å². The van der Waals surface area contributed by atoms with Crippen LogP contribution in [-0.4, -0.2) is 47.3 Å². The number of hydrogen-bond acceptors (Lipinski definition) is 4. The highest BCUT2D eigenvalue weighted by Gasteiger charge is 2.51. The van der Waals surface area contributed by atoms with Crippen molar-refractivity contribution < 1.29 is 19.1 Å². The first-order valence-electron chi connectivity index (χ1n) is 11.0. The Morgan fingerprint density at radius 2 is 1.81 bits per heavy atom. The number of methoxy groups -OCH3 is 1. The molecule has 7 nitrogen and oxygen atoms in total. The lowest BCUT2D eigenvalue weighted by Gasteiger charge is -2.31. The molecule has 4 rings (SSSR count). The Morgan fingerprint density at radius 3 is 2.47 bits per heavy atom. The third kappa shape index (κ3) is 4.07. The Morgan fingerprint density at radius 1 is 1.16 bits per heavy atom. The van der Waals surface area contributed by atoms with Crippen molar-refractivity contribution in [3.8, 4) is 5.75 Å². The van der Waals surface area contributed by atoms with Crippen LogP contribution in [0.4, 0.5) is 4.79 Å². The molecule has 2 unspecified atom stereocenters. The van der Waals surface area contributed by atoms with Crippen LogP contribution < -0.4 is 10.1 Å². The second kappa shape index (κ2) is 8.65. The fourth-order valence-electron chi connectivity index (χ4n) is 4.38. The summed E-state index contributed by atoms with van der Waals surface area (Å²) in [6.45, 7) is 3.84. The van der Waals surface area contributed by atoms with Gasteiger partial charge in [0.15, 0.2) is 0 Å². The van der Waals surface area contributed by atoms with Crippen LogP contribution >= 0.6 is 0 Å². The standard InChI is InChI=1S/C25H29N3O4/c1-17(19-13-14-19)27(15-18-9-5-4-6-10-18)22(29)16-28-23(30)25(2,26-24(28)31)20-11-7-8-12-21(20)32-3/h4-12,17,19H,13-16H2,1-3H3,(H,26,31). The minimum absolute atomic E-state index is 0.0454. The van der Waals surface area contributed by atoms with Gasteiger partial charge >= 0.3 is 6.03 Å². The molecular weight excluding hydrogens is 406 g/mol. The highest BCUT2D eigenvalue weighted by molar-refractivity contribution is 6.09. The molecule has 2 fully saturated rings. The molecule has 2 aromatic carbocycles. The summed E-state index contributed by atoms with van der Waals surface area (Å²) in [7, 11) is 1.52. The van der Waals surface area contributed by atoms with E-state index < -0.39 is 17.5 Å². The smallest absolute Gasteiger partial charge is 0.325 e. The lowest BCUT2D eigenvalue weighted by atomic mass is 9.91. The SMILES string of the molecule is COc1ccccc1C1(C)NC(=O)N(CC(=O)N(Cc2ccccc2)C(C)C2CC2)C1=O. The molecular formula is C25H29N3O4. The molecule has 0 radical (unpaired) electrons. The number of ether oxygens (including phenoxy) is 1. The molecule has 0 aromatic heterocycles. The van der Waals surface area contributed by atoms with Gasteiger partial charge in [-0.05, 0) is 44.2 Å². The first-order chi connectivity index (χ1) is 15.3. The van der Waals surface area contributed by atoms with E-state index in [1.807, 2.05) is 37.3 Å². The van der Waals surface area contributed by atoms with Gasteiger partial charge in [0.2, 0.25) is 5.91 Å². The Kier molecular flexibility index (Phi) is 5.91. The number of nitrogens with one attached hydrogen (secondary N) is 1. The van der Waals surface area contributed by atoms with Crippen LogP contribution in [0, 0.1) is 5.92 Å². The third-order valence-electron chi connectivity index (χ3n) is 6.53. The number of amides is 4. The van der Waals surface area contributed by atoms with E-state index >= 15 is 0 Å². The second-order valence-electron chi connectivity index (χ2n) is 8.73. The highest BCUT2D eigenvalue weighted by Crippen LogP contribution is 2.37. The molecule has 2 aliphatic rings. The van der Waals surface area contributed by atoms with E-state index in [9.17, 15) is 14.4 Å². The highest BCUT2D eigenvalue weighted by atomic mass is 16.5. The van der Waals surface area contributed by atoms with E-state index in [2.05, 4.69) is 5.32 Å². The van der Waals surface area contributed by atoms with Crippen molar-refractivity contribution in [2.24, 2.45) is 5.92 Å². The summed E-state index contributed by atoms with van der Waals surface area (Å²) < 4.78 is 5.40. The van der Waals surface area contributed by atoms with Crippen LogP contribution in [-0.2, 0) is 21.7 Å². The number of benzene rings is 2. The summed E-state index contributed by atoms with van der Waals surface area (Å²) in [5.41, 5.74) is 0.281. The molecule has 1 aliphatic carbocycles. The quantitative estimate of drug-likeness (QED) is 0.646. The number of carbonyl (C=O) groups is 3. The summed E-state index contributed by atoms with van der Waals surface area (Å²) in [5, 5.41) is 2.77. The van der Waals surface area contributed by atoms with Gasteiger partial charge in [0, 0.05) is 18.2 Å². The number of carbonyl (C=O) groups excluding carboxylic acids is 3. The van der Waals surface area contributed by atoms with Crippen molar-refractivity contribution in [3.05, 3.63) is 65.7 Å². The van der Waals surface area contributed by atoms with E-state index in [1.165, 1.54) is 7.11 Å². The van der Waals surface area contributed by atoms with Gasteiger partial charge in [0.05, 0.1) is 7.11 Å². The van der Waals surface area contributed by atoms with Crippen molar-refractivity contribution in [2.45, 2.75) is 44.8 Å². The van der Waals surface area contributed by atoms with Gasteiger partial charge < -0.3 is 15.0 Å². The first kappa shape index (κ1) is 21.9. The maximum absolute atomic E-state index is 13.4. The molecule has 0 spiro atoms. The van der Waals surface area contributed by atoms with Gasteiger partial charge in [-0.25, -0.2) is 4.79 Å². The number of rotatable bonds is 8. The number of imide groups is 1. The summed E-state index contributed by atoms with van der Waals surface area (Å²) in [6.07, 6.45) is 2.18. The number of hydrogen-bond donors (Lipinski definition) is 1. The van der Waals surface area contributed by atoms with Crippen molar-refractivity contribution in [2.75, 3.05) is 13.7 Å². The molecule has 1 aliphatic heterocycles. The van der Waals surface area contributed by atoms with Gasteiger partial charge in [0.25, 0.3) is 5.91 Å². The second-order valence-corrected chi connectivity index (χ2v) is 8.73. The van der Waals surface area contributed by atoms with E-state index in [0.29, 0.717) is 23.8 Å². The minimum atomic E-state index is -1.30. The number of nitrogens with zero attached hydrogens (tertiary/aromatic N) is 2. The van der Waals surface area contributed by atoms with Crippen LogP contribution in [0.3, 0.4) is 0 Å². The van der Waals surface area contributed by atoms with Crippen molar-refractivity contribution in [1.29, 1.82) is 0 Å². The average molecular weight is 436 g/mol. The maximum atomic E-state index is 13.4. The molecule has 7 heteroatoms. The monoisotopic (exact) mass is 435 g/mol. The van der Waals surface area contributed by atoms with Gasteiger partial charge in [0.1, 0.15) is 17.8 Å². The fraction of sp³-hybridized carbons (Fsp3) is 0.400. The van der Waals surface area contributed by atoms with E-state index in [1.54, 1.807) is 36.1 Å². The van der Waals surface area contributed by atoms with E-state index in [0.717, 1.165) is 23.3 Å². The minimum Gasteiger partial charge on any atom is -0.496 e. The molecule has 4 amide bonds. The topological polar surface area (TPSA) is 79.0 Å². The van der Waals surface area contributed by atoms with E-state index in [-0.39, 0.29) is 18.5 Å². The van der Waals surface area contributed by atoms with Crippen LogP contribution in [0.15, 0.2) is 54.6 Å². The molecule has 32 heavy (non-hydrogen) atoms. The maximum Gasteiger partial charge on any atom is 0.325 e. The summed E-state index contributed by atoms with van der Waals surface area (Å²) in [4.78, 5) is 42.3. The van der Waals surface area contributed by atoms with Gasteiger partial charge in [-0.2, -0.15) is 0 Å². The van der Waals surface area contributed by atoms with Crippen LogP contribution in [0.2, 0.25) is 0 Å². The summed E-state index contributed by atoms with van der Waals surface area (Å²) >= 11 is 0. The molecule has 1 saturated heterocycles. The molecule has 1 N–H and O–H groups in total. The lowest BCUT2D eigenvalue weighted by Crippen LogP contribution is -2.47. The molecule has 168 valence electrons. The summed E-state index contributed by atoms with van der Waals surface area (Å²) in [5.74, 6) is 0.273. The molecule has 1 heterocycles. The molecule has 1 saturated carbocycles. The van der Waals surface area contributed by atoms with E-state index in [4.69, 9.17) is 4.74 Å². The zero-order chi connectivity index (χ0) is 22.9. The predicted molar refractivity (Wildman–Crippen MR) is 120 cm³/mol. The summed E-state index contributed by atoms with van der Waals surface area (Å²) in [6, 6.07) is 16.3. The zero-order valence-electron chi connectivity index (χ0n) is 18.7. The predicted octanol–water partition coefficient (Wildman–Crippen LogP) is 3.29. The van der Waals surface area contributed by atoms with Gasteiger partial charge in [-0.1, -0.05) is 48.5 Å². The van der Waals surface area contributed by atoms with Crippen molar-refractivity contribution in [3.63, 3.8) is 0 Å². The average Bonchev–Trinajstić information content (AvgIpc) is 3.63. The normalized spacial score (nSPS) is 21.3. The number of para-hydroxylation sites is 1. The van der Waals surface area contributed by atoms with Gasteiger partial charge in [-0.3, -0.25) is 14.5 Å². The Balaban J connectivity index is 1.55. The van der Waals surface area contributed by atoms with Crippen LogP contribution in [0.1, 0.15) is 37.8 Å². The largest absolute Gasteiger partial charge is 0.496 e. The lowest BCUT2D eigenvalue weighted by molar-refractivity contribution is -0.140. The Hall–Kier alpha value is -3.35. The van der Waals surface area contributed by atoms with Gasteiger partial charge in [-0.15, -0.1) is 0 Å². The molecule has 2 atom stereocenters. The molecule has 0 bridgehead atoms. The number of urea groups is 1. The Bertz CT molecular complexity index is 1020. The van der Waals surface area contributed by atoms with Crippen LogP contribution in [0.25, 0.3) is 0 Å². The zero-order valence-corrected chi connectivity index (χ0v) is 18.7. The van der Waals surface area contributed by atoms with Crippen molar-refractivity contribution >= 4 is 17.8 Å². The Labute approximate surface area is 188 Å². The van der Waals surface area contributed by atoms with Crippen molar-refractivity contribution in [1.82, 2.24) is 15.1 Å². The third-order valence-corrected chi connectivity index (χ3v) is 6.53. The first-order valence-corrected chi connectivity index (χ1v) is 11.0.